The number of aliphatic carboxylic acids is 1. The third kappa shape index (κ3) is 4.27. The van der Waals surface area contributed by atoms with Crippen LogP contribution in [0.5, 0.6) is 5.75 Å². The second-order valence-corrected chi connectivity index (χ2v) is 5.87. The molecule has 0 saturated carbocycles. The van der Waals surface area contributed by atoms with Gasteiger partial charge in [-0.05, 0) is 58.6 Å². The van der Waals surface area contributed by atoms with Crippen LogP contribution >= 0.6 is 0 Å². The molecule has 3 heteroatoms. The minimum absolute atomic E-state index is 0.557. The summed E-state index contributed by atoms with van der Waals surface area (Å²) in [6.45, 7) is 10.2. The maximum Gasteiger partial charge on any atom is 0.309 e. The van der Waals surface area contributed by atoms with Gasteiger partial charge in [0.1, 0.15) is 5.75 Å². The largest absolute Gasteiger partial charge is 0.493 e. The zero-order valence-electron chi connectivity index (χ0n) is 12.5. The second kappa shape index (κ2) is 6.09. The van der Waals surface area contributed by atoms with Crippen molar-refractivity contribution in [3.63, 3.8) is 0 Å². The van der Waals surface area contributed by atoms with Gasteiger partial charge in [0, 0.05) is 0 Å². The van der Waals surface area contributed by atoms with Crippen molar-refractivity contribution >= 4 is 5.97 Å². The molecule has 0 aromatic heterocycles. The number of rotatable bonds is 6. The molecule has 0 aliphatic heterocycles. The van der Waals surface area contributed by atoms with Gasteiger partial charge in [0.25, 0.3) is 0 Å². The molecule has 0 atom stereocenters. The molecule has 1 N–H and O–H groups in total. The number of ether oxygens (including phenoxy) is 1. The van der Waals surface area contributed by atoms with Crippen molar-refractivity contribution in [3.8, 4) is 5.75 Å². The molecule has 3 nitrogen and oxygen atoms in total. The average Bonchev–Trinajstić information content (AvgIpc) is 2.26. The van der Waals surface area contributed by atoms with Gasteiger partial charge in [-0.1, -0.05) is 17.7 Å². The van der Waals surface area contributed by atoms with Gasteiger partial charge in [0.15, 0.2) is 0 Å². The Bertz CT molecular complexity index is 438. The molecule has 1 aromatic carbocycles. The smallest absolute Gasteiger partial charge is 0.309 e. The van der Waals surface area contributed by atoms with Crippen LogP contribution in [0.4, 0.5) is 0 Å². The van der Waals surface area contributed by atoms with Crippen LogP contribution in [-0.4, -0.2) is 17.7 Å². The Balaban J connectivity index is 2.53. The van der Waals surface area contributed by atoms with E-state index in [9.17, 15) is 4.79 Å². The summed E-state index contributed by atoms with van der Waals surface area (Å²) >= 11 is 0. The lowest BCUT2D eigenvalue weighted by molar-refractivity contribution is -0.147. The van der Waals surface area contributed by atoms with E-state index < -0.39 is 11.4 Å². The molecule has 0 bridgehead atoms. The topological polar surface area (TPSA) is 46.5 Å². The minimum atomic E-state index is -0.754. The fraction of sp³-hybridized carbons (Fsp3) is 0.562. The summed E-state index contributed by atoms with van der Waals surface area (Å²) in [6.07, 6.45) is 1.36. The van der Waals surface area contributed by atoms with E-state index in [4.69, 9.17) is 9.84 Å². The summed E-state index contributed by atoms with van der Waals surface area (Å²) in [6, 6.07) is 4.20. The highest BCUT2D eigenvalue weighted by molar-refractivity contribution is 5.73. The molecule has 1 aromatic rings. The first-order chi connectivity index (χ1) is 8.74. The molecule has 0 aliphatic rings. The third-order valence-electron chi connectivity index (χ3n) is 3.38. The normalized spacial score (nSPS) is 11.4. The first-order valence-electron chi connectivity index (χ1n) is 6.68. The summed E-state index contributed by atoms with van der Waals surface area (Å²) in [5, 5.41) is 9.04. The Morgan fingerprint density at radius 2 is 1.74 bits per heavy atom. The molecule has 106 valence electrons. The molecular weight excluding hydrogens is 240 g/mol. The van der Waals surface area contributed by atoms with E-state index in [0.29, 0.717) is 13.0 Å². The maximum absolute atomic E-state index is 11.0. The summed E-state index contributed by atoms with van der Waals surface area (Å²) < 4.78 is 5.80. The number of hydrogen-bond donors (Lipinski definition) is 1. The van der Waals surface area contributed by atoms with Gasteiger partial charge in [-0.2, -0.15) is 0 Å². The van der Waals surface area contributed by atoms with Crippen LogP contribution in [0.1, 0.15) is 43.4 Å². The molecule has 0 unspecified atom stereocenters. The molecule has 0 aliphatic carbocycles. The van der Waals surface area contributed by atoms with Crippen molar-refractivity contribution in [3.05, 3.63) is 28.8 Å². The van der Waals surface area contributed by atoms with Gasteiger partial charge in [-0.25, -0.2) is 0 Å². The summed E-state index contributed by atoms with van der Waals surface area (Å²) in [7, 11) is 0. The molecule has 19 heavy (non-hydrogen) atoms. The van der Waals surface area contributed by atoms with Crippen molar-refractivity contribution in [2.75, 3.05) is 6.61 Å². The summed E-state index contributed by atoms with van der Waals surface area (Å²) in [5.41, 5.74) is 2.82. The number of benzene rings is 1. The van der Waals surface area contributed by atoms with Gasteiger partial charge in [0.05, 0.1) is 12.0 Å². The van der Waals surface area contributed by atoms with Gasteiger partial charge in [-0.3, -0.25) is 4.79 Å². The average molecular weight is 264 g/mol. The van der Waals surface area contributed by atoms with Crippen molar-refractivity contribution < 1.29 is 14.6 Å². The predicted molar refractivity (Wildman–Crippen MR) is 76.8 cm³/mol. The molecule has 0 fully saturated rings. The highest BCUT2D eigenvalue weighted by Crippen LogP contribution is 2.26. The summed E-state index contributed by atoms with van der Waals surface area (Å²) in [4.78, 5) is 11.0. The van der Waals surface area contributed by atoms with E-state index in [0.717, 1.165) is 23.3 Å². The van der Waals surface area contributed by atoms with E-state index in [1.807, 2.05) is 13.8 Å². The van der Waals surface area contributed by atoms with Crippen molar-refractivity contribution in [1.29, 1.82) is 0 Å². The van der Waals surface area contributed by atoms with Crippen LogP contribution in [0.15, 0.2) is 12.1 Å². The zero-order chi connectivity index (χ0) is 14.6. The molecular formula is C16H24O3. The third-order valence-corrected chi connectivity index (χ3v) is 3.38. The van der Waals surface area contributed by atoms with E-state index in [2.05, 4.69) is 19.1 Å². The van der Waals surface area contributed by atoms with Crippen LogP contribution in [0.3, 0.4) is 0 Å². The lowest BCUT2D eigenvalue weighted by Crippen LogP contribution is -2.24. The fourth-order valence-corrected chi connectivity index (χ4v) is 2.19. The van der Waals surface area contributed by atoms with E-state index in [-0.39, 0.29) is 0 Å². The monoisotopic (exact) mass is 264 g/mol. The fourth-order valence-electron chi connectivity index (χ4n) is 2.19. The number of carboxylic acids is 1. The standard InChI is InChI=1S/C16H24O3/c1-11-9-12(2)14(13(3)10-11)19-8-6-7-16(4,5)15(17)18/h9-10H,6-8H2,1-5H3,(H,17,18). The maximum atomic E-state index is 11.0. The second-order valence-electron chi connectivity index (χ2n) is 5.87. The highest BCUT2D eigenvalue weighted by atomic mass is 16.5. The first kappa shape index (κ1) is 15.5. The van der Waals surface area contributed by atoms with Crippen molar-refractivity contribution in [2.45, 2.75) is 47.5 Å². The molecule has 1 rings (SSSR count). The summed E-state index contributed by atoms with van der Waals surface area (Å²) in [5.74, 6) is 0.175. The Morgan fingerprint density at radius 1 is 1.21 bits per heavy atom. The quantitative estimate of drug-likeness (QED) is 0.793. The lowest BCUT2D eigenvalue weighted by Gasteiger charge is -2.19. The van der Waals surface area contributed by atoms with Gasteiger partial charge in [0.2, 0.25) is 0 Å². The van der Waals surface area contributed by atoms with Crippen LogP contribution in [0.2, 0.25) is 0 Å². The molecule has 0 saturated heterocycles. The molecule has 0 radical (unpaired) electrons. The number of hydrogen-bond acceptors (Lipinski definition) is 2. The zero-order valence-corrected chi connectivity index (χ0v) is 12.5. The Hall–Kier alpha value is -1.51. The molecule has 0 heterocycles. The van der Waals surface area contributed by atoms with E-state index in [1.54, 1.807) is 13.8 Å². The van der Waals surface area contributed by atoms with Crippen LogP contribution in [-0.2, 0) is 4.79 Å². The Kier molecular flexibility index (Phi) is 4.98. The Labute approximate surface area is 115 Å². The number of carbonyl (C=O) groups is 1. The number of carboxylic acid groups (broad SMARTS) is 1. The van der Waals surface area contributed by atoms with Crippen LogP contribution < -0.4 is 4.74 Å². The molecule has 0 spiro atoms. The van der Waals surface area contributed by atoms with E-state index in [1.165, 1.54) is 5.56 Å². The van der Waals surface area contributed by atoms with Crippen molar-refractivity contribution in [2.24, 2.45) is 5.41 Å². The first-order valence-corrected chi connectivity index (χ1v) is 6.68. The minimum Gasteiger partial charge on any atom is -0.493 e. The molecule has 0 amide bonds. The van der Waals surface area contributed by atoms with E-state index >= 15 is 0 Å². The lowest BCUT2D eigenvalue weighted by atomic mass is 9.88. The van der Waals surface area contributed by atoms with Gasteiger partial charge < -0.3 is 9.84 Å². The van der Waals surface area contributed by atoms with Gasteiger partial charge >= 0.3 is 5.97 Å². The SMILES string of the molecule is Cc1cc(C)c(OCCCC(C)(C)C(=O)O)c(C)c1. The van der Waals surface area contributed by atoms with Crippen LogP contribution in [0, 0.1) is 26.2 Å². The van der Waals surface area contributed by atoms with Crippen LogP contribution in [0.25, 0.3) is 0 Å². The predicted octanol–water partition coefficient (Wildman–Crippen LogP) is 3.88. The van der Waals surface area contributed by atoms with Gasteiger partial charge in [-0.15, -0.1) is 0 Å². The number of aryl methyl sites for hydroxylation is 3. The Morgan fingerprint density at radius 3 is 2.21 bits per heavy atom. The van der Waals surface area contributed by atoms with Crippen molar-refractivity contribution in [1.82, 2.24) is 0 Å². The highest BCUT2D eigenvalue weighted by Gasteiger charge is 2.26.